The van der Waals surface area contributed by atoms with Gasteiger partial charge in [-0.2, -0.15) is 0 Å². The van der Waals surface area contributed by atoms with E-state index in [-0.39, 0.29) is 11.5 Å². The molecule has 78 valence electrons. The molecule has 1 aromatic rings. The molecule has 0 bridgehead atoms. The third-order valence-electron chi connectivity index (χ3n) is 1.95. The van der Waals surface area contributed by atoms with Gasteiger partial charge >= 0.3 is 0 Å². The van der Waals surface area contributed by atoms with Gasteiger partial charge in [-0.05, 0) is 30.2 Å². The molecule has 0 aliphatic rings. The van der Waals surface area contributed by atoms with Crippen LogP contribution in [0.4, 0.5) is 10.1 Å². The van der Waals surface area contributed by atoms with Gasteiger partial charge in [-0.15, -0.1) is 0 Å². The smallest absolute Gasteiger partial charge is 0.146 e. The average Bonchev–Trinajstić information content (AvgIpc) is 2.10. The van der Waals surface area contributed by atoms with Crippen molar-refractivity contribution in [3.05, 3.63) is 29.6 Å². The lowest BCUT2D eigenvalue weighted by molar-refractivity contribution is 0.550. The number of rotatable bonds is 4. The van der Waals surface area contributed by atoms with Crippen LogP contribution in [0.25, 0.3) is 0 Å². The van der Waals surface area contributed by atoms with E-state index < -0.39 is 0 Å². The first kappa shape index (κ1) is 11.0. The molecule has 0 aliphatic carbocycles. The van der Waals surface area contributed by atoms with E-state index >= 15 is 0 Å². The molecule has 0 saturated carbocycles. The predicted octanol–water partition coefficient (Wildman–Crippen LogP) is 2.15. The van der Waals surface area contributed by atoms with Crippen molar-refractivity contribution < 1.29 is 4.39 Å². The molecule has 0 fully saturated rings. The molecule has 0 amide bonds. The minimum Gasteiger partial charge on any atom is -0.396 e. The lowest BCUT2D eigenvalue weighted by Gasteiger charge is -2.07. The van der Waals surface area contributed by atoms with E-state index in [0.29, 0.717) is 12.5 Å². The lowest BCUT2D eigenvalue weighted by atomic mass is 10.2. The van der Waals surface area contributed by atoms with Gasteiger partial charge in [0.1, 0.15) is 5.82 Å². The fourth-order valence-corrected chi connectivity index (χ4v) is 1.19. The maximum atomic E-state index is 13.0. The number of nitrogens with two attached hydrogens (primary N) is 1. The largest absolute Gasteiger partial charge is 0.396 e. The summed E-state index contributed by atoms with van der Waals surface area (Å²) in [7, 11) is 0. The Kier molecular flexibility index (Phi) is 3.89. The minimum absolute atomic E-state index is 0.206. The maximum absolute atomic E-state index is 13.0. The van der Waals surface area contributed by atoms with Crippen molar-refractivity contribution in [1.29, 1.82) is 0 Å². The third-order valence-corrected chi connectivity index (χ3v) is 1.95. The normalized spacial score (nSPS) is 10.9. The molecule has 3 N–H and O–H groups in total. The van der Waals surface area contributed by atoms with Gasteiger partial charge in [0.2, 0.25) is 0 Å². The van der Waals surface area contributed by atoms with E-state index in [1.165, 1.54) is 6.07 Å². The van der Waals surface area contributed by atoms with Crippen molar-refractivity contribution in [1.82, 2.24) is 5.32 Å². The van der Waals surface area contributed by atoms with Crippen molar-refractivity contribution >= 4 is 5.69 Å². The van der Waals surface area contributed by atoms with Crippen LogP contribution in [0.2, 0.25) is 0 Å². The van der Waals surface area contributed by atoms with Crippen LogP contribution in [0.15, 0.2) is 18.2 Å². The number of nitrogens with one attached hydrogen (secondary N) is 1. The molecular formula is C11H17FN2. The number of hydrogen-bond donors (Lipinski definition) is 2. The van der Waals surface area contributed by atoms with Gasteiger partial charge in [-0.3, -0.25) is 0 Å². The molecular weight excluding hydrogens is 179 g/mol. The molecule has 1 rings (SSSR count). The Morgan fingerprint density at radius 2 is 2.14 bits per heavy atom. The number of anilines is 1. The maximum Gasteiger partial charge on any atom is 0.146 e. The molecule has 0 atom stereocenters. The van der Waals surface area contributed by atoms with Gasteiger partial charge < -0.3 is 11.1 Å². The fraction of sp³-hybridized carbons (Fsp3) is 0.455. The van der Waals surface area contributed by atoms with Gasteiger partial charge in [0.05, 0.1) is 5.69 Å². The number of benzene rings is 1. The first-order valence-corrected chi connectivity index (χ1v) is 4.84. The van der Waals surface area contributed by atoms with E-state index in [4.69, 9.17) is 5.73 Å². The summed E-state index contributed by atoms with van der Waals surface area (Å²) in [4.78, 5) is 0. The second-order valence-electron chi connectivity index (χ2n) is 3.88. The SMILES string of the molecule is CC(C)CNCc1ccc(N)c(F)c1. The fourth-order valence-electron chi connectivity index (χ4n) is 1.19. The van der Waals surface area contributed by atoms with Crippen LogP contribution in [-0.4, -0.2) is 6.54 Å². The summed E-state index contributed by atoms with van der Waals surface area (Å²) in [6.07, 6.45) is 0. The zero-order chi connectivity index (χ0) is 10.6. The molecule has 0 spiro atoms. The Labute approximate surface area is 84.3 Å². The Morgan fingerprint density at radius 3 is 2.71 bits per heavy atom. The molecule has 14 heavy (non-hydrogen) atoms. The summed E-state index contributed by atoms with van der Waals surface area (Å²) in [5.41, 5.74) is 6.50. The van der Waals surface area contributed by atoms with Gasteiger partial charge in [0.15, 0.2) is 0 Å². The monoisotopic (exact) mass is 196 g/mol. The zero-order valence-electron chi connectivity index (χ0n) is 8.68. The number of hydrogen-bond acceptors (Lipinski definition) is 2. The summed E-state index contributed by atoms with van der Waals surface area (Å²) in [6, 6.07) is 4.91. The van der Waals surface area contributed by atoms with Crippen molar-refractivity contribution in [2.75, 3.05) is 12.3 Å². The second kappa shape index (κ2) is 4.96. The zero-order valence-corrected chi connectivity index (χ0v) is 8.68. The highest BCUT2D eigenvalue weighted by Crippen LogP contribution is 2.11. The van der Waals surface area contributed by atoms with Gasteiger partial charge in [0, 0.05) is 6.54 Å². The van der Waals surface area contributed by atoms with Gasteiger partial charge in [-0.25, -0.2) is 4.39 Å². The van der Waals surface area contributed by atoms with E-state index in [2.05, 4.69) is 19.2 Å². The summed E-state index contributed by atoms with van der Waals surface area (Å²) in [5.74, 6) is 0.266. The van der Waals surface area contributed by atoms with E-state index in [1.54, 1.807) is 6.07 Å². The van der Waals surface area contributed by atoms with Crippen molar-refractivity contribution in [2.45, 2.75) is 20.4 Å². The first-order chi connectivity index (χ1) is 6.59. The standard InChI is InChI=1S/C11H17FN2/c1-8(2)6-14-7-9-3-4-11(13)10(12)5-9/h3-5,8,14H,6-7,13H2,1-2H3. The minimum atomic E-state index is -0.339. The topological polar surface area (TPSA) is 38.0 Å². The summed E-state index contributed by atoms with van der Waals surface area (Å²) >= 11 is 0. The Morgan fingerprint density at radius 1 is 1.43 bits per heavy atom. The van der Waals surface area contributed by atoms with Gasteiger partial charge in [0.25, 0.3) is 0 Å². The Bertz CT molecular complexity index is 297. The van der Waals surface area contributed by atoms with Crippen LogP contribution in [0, 0.1) is 11.7 Å². The van der Waals surface area contributed by atoms with Crippen LogP contribution in [0.3, 0.4) is 0 Å². The molecule has 0 saturated heterocycles. The highest BCUT2D eigenvalue weighted by atomic mass is 19.1. The average molecular weight is 196 g/mol. The summed E-state index contributed by atoms with van der Waals surface area (Å²) in [5, 5.41) is 3.24. The molecule has 0 aromatic heterocycles. The van der Waals surface area contributed by atoms with Crippen molar-refractivity contribution in [2.24, 2.45) is 5.92 Å². The number of nitrogen functional groups attached to an aromatic ring is 1. The van der Waals surface area contributed by atoms with Crippen LogP contribution < -0.4 is 11.1 Å². The molecule has 3 heteroatoms. The van der Waals surface area contributed by atoms with Crippen LogP contribution in [-0.2, 0) is 6.54 Å². The Hall–Kier alpha value is -1.09. The summed E-state index contributed by atoms with van der Waals surface area (Å²) < 4.78 is 13.0. The van der Waals surface area contributed by atoms with E-state index in [1.807, 2.05) is 6.07 Å². The van der Waals surface area contributed by atoms with Crippen LogP contribution in [0.5, 0.6) is 0 Å². The summed E-state index contributed by atoms with van der Waals surface area (Å²) in [6.45, 7) is 5.90. The Balaban J connectivity index is 2.47. The highest BCUT2D eigenvalue weighted by molar-refractivity contribution is 5.41. The van der Waals surface area contributed by atoms with E-state index in [9.17, 15) is 4.39 Å². The van der Waals surface area contributed by atoms with E-state index in [0.717, 1.165) is 12.1 Å². The van der Waals surface area contributed by atoms with Crippen molar-refractivity contribution in [3.63, 3.8) is 0 Å². The van der Waals surface area contributed by atoms with Crippen LogP contribution in [0.1, 0.15) is 19.4 Å². The second-order valence-corrected chi connectivity index (χ2v) is 3.88. The lowest BCUT2D eigenvalue weighted by Crippen LogP contribution is -2.19. The quantitative estimate of drug-likeness (QED) is 0.724. The van der Waals surface area contributed by atoms with Gasteiger partial charge in [-0.1, -0.05) is 19.9 Å². The molecule has 0 unspecified atom stereocenters. The van der Waals surface area contributed by atoms with Crippen LogP contribution >= 0.6 is 0 Å². The molecule has 1 aromatic carbocycles. The molecule has 0 heterocycles. The number of halogens is 1. The van der Waals surface area contributed by atoms with Crippen molar-refractivity contribution in [3.8, 4) is 0 Å². The first-order valence-electron chi connectivity index (χ1n) is 4.84. The predicted molar refractivity (Wildman–Crippen MR) is 57.4 cm³/mol. The molecule has 2 nitrogen and oxygen atoms in total. The molecule has 0 aliphatic heterocycles. The molecule has 0 radical (unpaired) electrons. The third kappa shape index (κ3) is 3.34. The highest BCUT2D eigenvalue weighted by Gasteiger charge is 2.00.